The molecule has 0 radical (unpaired) electrons. The number of nitrogens with zero attached hydrogens (tertiary/aromatic N) is 1. The highest BCUT2D eigenvalue weighted by molar-refractivity contribution is 7.94. The Hall–Kier alpha value is -1.90. The standard InChI is InChI=1S/C10H12N2O6S/c1-10(3-2-5(11)13)8(9(15)16)12-6(14)4-7(12)19(10,17)18/h2-3,7-8H,4H2,1H3,(H2,11,13)(H,15,16)/b3-2-/t7-,8+,10+/m1/s1. The lowest BCUT2D eigenvalue weighted by molar-refractivity contribution is -0.157. The molecule has 0 unspecified atom stereocenters. The molecule has 3 atom stereocenters. The van der Waals surface area contributed by atoms with E-state index in [2.05, 4.69) is 0 Å². The molecule has 0 aliphatic carbocycles. The summed E-state index contributed by atoms with van der Waals surface area (Å²) in [6.07, 6.45) is 1.53. The van der Waals surface area contributed by atoms with Gasteiger partial charge in [-0.15, -0.1) is 0 Å². The van der Waals surface area contributed by atoms with Crippen molar-refractivity contribution in [3.63, 3.8) is 0 Å². The fourth-order valence-electron chi connectivity index (χ4n) is 2.49. The van der Waals surface area contributed by atoms with E-state index in [9.17, 15) is 27.9 Å². The van der Waals surface area contributed by atoms with E-state index in [1.54, 1.807) is 0 Å². The molecule has 2 aliphatic rings. The van der Waals surface area contributed by atoms with Crippen LogP contribution in [0.25, 0.3) is 0 Å². The van der Waals surface area contributed by atoms with Crippen LogP contribution in [-0.2, 0) is 24.2 Å². The molecular formula is C10H12N2O6S. The summed E-state index contributed by atoms with van der Waals surface area (Å²) in [4.78, 5) is 34.3. The molecular weight excluding hydrogens is 276 g/mol. The quantitative estimate of drug-likeness (QED) is 0.466. The molecule has 2 saturated heterocycles. The van der Waals surface area contributed by atoms with Gasteiger partial charge in [-0.25, -0.2) is 13.2 Å². The molecule has 0 spiro atoms. The van der Waals surface area contributed by atoms with E-state index in [0.29, 0.717) is 0 Å². The molecule has 0 aromatic carbocycles. The number of hydrogen-bond donors (Lipinski definition) is 2. The molecule has 0 aromatic rings. The topological polar surface area (TPSA) is 135 Å². The fourth-order valence-corrected chi connectivity index (χ4v) is 4.76. The van der Waals surface area contributed by atoms with Gasteiger partial charge in [-0.3, -0.25) is 9.59 Å². The number of primary amides is 1. The van der Waals surface area contributed by atoms with Crippen LogP contribution in [0.3, 0.4) is 0 Å². The van der Waals surface area contributed by atoms with Crippen molar-refractivity contribution in [1.82, 2.24) is 4.90 Å². The maximum absolute atomic E-state index is 12.3. The highest BCUT2D eigenvalue weighted by atomic mass is 32.2. The predicted molar refractivity (Wildman–Crippen MR) is 62.3 cm³/mol. The lowest BCUT2D eigenvalue weighted by Crippen LogP contribution is -2.57. The van der Waals surface area contributed by atoms with Crippen LogP contribution < -0.4 is 5.73 Å². The van der Waals surface area contributed by atoms with Crippen molar-refractivity contribution in [1.29, 1.82) is 0 Å². The zero-order chi connectivity index (χ0) is 14.6. The molecule has 19 heavy (non-hydrogen) atoms. The number of β-lactam (4-membered cyclic amide) rings is 1. The maximum Gasteiger partial charge on any atom is 0.328 e. The molecule has 2 heterocycles. The monoisotopic (exact) mass is 288 g/mol. The van der Waals surface area contributed by atoms with Crippen molar-refractivity contribution in [2.45, 2.75) is 29.5 Å². The zero-order valence-corrected chi connectivity index (χ0v) is 10.8. The summed E-state index contributed by atoms with van der Waals surface area (Å²) in [5.74, 6) is -2.85. The Bertz CT molecular complexity index is 610. The first-order valence-corrected chi connectivity index (χ1v) is 6.93. The normalized spacial score (nSPS) is 36.1. The average Bonchev–Trinajstić information content (AvgIpc) is 2.41. The summed E-state index contributed by atoms with van der Waals surface area (Å²) in [5, 5.41) is 8.04. The number of sulfone groups is 1. The van der Waals surface area contributed by atoms with E-state index in [0.717, 1.165) is 17.1 Å². The van der Waals surface area contributed by atoms with Crippen molar-refractivity contribution in [3.05, 3.63) is 12.2 Å². The third-order valence-electron chi connectivity index (χ3n) is 3.55. The van der Waals surface area contributed by atoms with Gasteiger partial charge in [0.05, 0.1) is 6.42 Å². The highest BCUT2D eigenvalue weighted by Gasteiger charge is 2.69. The Morgan fingerprint density at radius 3 is 2.53 bits per heavy atom. The van der Waals surface area contributed by atoms with Gasteiger partial charge in [0, 0.05) is 6.08 Å². The second-order valence-electron chi connectivity index (χ2n) is 4.67. The second kappa shape index (κ2) is 3.80. The highest BCUT2D eigenvalue weighted by Crippen LogP contribution is 2.46. The minimum Gasteiger partial charge on any atom is -0.480 e. The van der Waals surface area contributed by atoms with Crippen molar-refractivity contribution in [2.75, 3.05) is 0 Å². The number of fused-ring (bicyclic) bond motifs is 1. The van der Waals surface area contributed by atoms with Gasteiger partial charge >= 0.3 is 5.97 Å². The van der Waals surface area contributed by atoms with Gasteiger partial charge in [-0.05, 0) is 6.92 Å². The van der Waals surface area contributed by atoms with Crippen molar-refractivity contribution in [3.8, 4) is 0 Å². The number of carbonyl (C=O) groups excluding carboxylic acids is 2. The summed E-state index contributed by atoms with van der Waals surface area (Å²) in [6, 6.07) is -1.54. The molecule has 9 heteroatoms. The van der Waals surface area contributed by atoms with E-state index >= 15 is 0 Å². The van der Waals surface area contributed by atoms with Gasteiger partial charge < -0.3 is 15.7 Å². The van der Waals surface area contributed by atoms with Gasteiger partial charge in [0.2, 0.25) is 11.8 Å². The summed E-state index contributed by atoms with van der Waals surface area (Å²) in [7, 11) is -3.92. The zero-order valence-electron chi connectivity index (χ0n) is 9.94. The average molecular weight is 288 g/mol. The van der Waals surface area contributed by atoms with Crippen LogP contribution >= 0.6 is 0 Å². The summed E-state index contributed by atoms with van der Waals surface area (Å²) in [6.45, 7) is 1.17. The molecule has 0 bridgehead atoms. The van der Waals surface area contributed by atoms with E-state index in [1.807, 2.05) is 0 Å². The smallest absolute Gasteiger partial charge is 0.328 e. The van der Waals surface area contributed by atoms with Crippen LogP contribution in [0.1, 0.15) is 13.3 Å². The lowest BCUT2D eigenvalue weighted by Gasteiger charge is -2.35. The molecule has 2 rings (SSSR count). The minimum atomic E-state index is -3.92. The molecule has 2 amide bonds. The molecule has 8 nitrogen and oxygen atoms in total. The van der Waals surface area contributed by atoms with Crippen molar-refractivity contribution >= 4 is 27.6 Å². The molecule has 104 valence electrons. The third-order valence-corrected chi connectivity index (χ3v) is 6.25. The van der Waals surface area contributed by atoms with Crippen LogP contribution in [-0.4, -0.2) is 52.4 Å². The van der Waals surface area contributed by atoms with Gasteiger partial charge in [0.1, 0.15) is 10.1 Å². The van der Waals surface area contributed by atoms with Gasteiger partial charge in [0.25, 0.3) is 0 Å². The number of carboxylic acid groups (broad SMARTS) is 1. The van der Waals surface area contributed by atoms with Crippen molar-refractivity contribution in [2.24, 2.45) is 5.73 Å². The third kappa shape index (κ3) is 1.57. The number of amides is 2. The second-order valence-corrected chi connectivity index (χ2v) is 7.18. The van der Waals surface area contributed by atoms with Crippen LogP contribution in [0, 0.1) is 0 Å². The SMILES string of the molecule is C[C@]1(/C=C\C(N)=O)[C@H](C(=O)O)N2C(=O)C[C@H]2S1(=O)=O. The van der Waals surface area contributed by atoms with E-state index < -0.39 is 43.8 Å². The van der Waals surface area contributed by atoms with Gasteiger partial charge in [-0.2, -0.15) is 0 Å². The molecule has 0 saturated carbocycles. The number of aliphatic carboxylic acids is 1. The number of carbonyl (C=O) groups is 3. The first-order valence-electron chi connectivity index (χ1n) is 5.39. The van der Waals surface area contributed by atoms with Gasteiger partial charge in [0.15, 0.2) is 15.9 Å². The molecule has 0 aromatic heterocycles. The summed E-state index contributed by atoms with van der Waals surface area (Å²) < 4.78 is 22.7. The molecule has 2 fully saturated rings. The first kappa shape index (κ1) is 13.5. The Morgan fingerprint density at radius 1 is 1.53 bits per heavy atom. The minimum absolute atomic E-state index is 0.230. The number of nitrogens with two attached hydrogens (primary N) is 1. The fraction of sp³-hybridized carbons (Fsp3) is 0.500. The number of hydrogen-bond acceptors (Lipinski definition) is 5. The van der Waals surface area contributed by atoms with Crippen LogP contribution in [0.15, 0.2) is 12.2 Å². The Balaban J connectivity index is 2.58. The number of rotatable bonds is 3. The van der Waals surface area contributed by atoms with E-state index in [-0.39, 0.29) is 6.42 Å². The van der Waals surface area contributed by atoms with Crippen LogP contribution in [0.2, 0.25) is 0 Å². The lowest BCUT2D eigenvalue weighted by atomic mass is 9.96. The Labute approximate surface area is 108 Å². The Morgan fingerprint density at radius 2 is 2.11 bits per heavy atom. The molecule has 3 N–H and O–H groups in total. The van der Waals surface area contributed by atoms with E-state index in [4.69, 9.17) is 5.73 Å². The Kier molecular flexibility index (Phi) is 2.70. The molecule has 2 aliphatic heterocycles. The van der Waals surface area contributed by atoms with Crippen LogP contribution in [0.4, 0.5) is 0 Å². The van der Waals surface area contributed by atoms with E-state index in [1.165, 1.54) is 6.92 Å². The number of carboxylic acids is 1. The van der Waals surface area contributed by atoms with Crippen molar-refractivity contribution < 1.29 is 27.9 Å². The van der Waals surface area contributed by atoms with Crippen LogP contribution in [0.5, 0.6) is 0 Å². The summed E-state index contributed by atoms with van der Waals surface area (Å²) >= 11 is 0. The maximum atomic E-state index is 12.3. The van der Waals surface area contributed by atoms with Gasteiger partial charge in [-0.1, -0.05) is 6.08 Å². The largest absolute Gasteiger partial charge is 0.480 e. The summed E-state index contributed by atoms with van der Waals surface area (Å²) in [5.41, 5.74) is 4.90. The first-order chi connectivity index (χ1) is 8.63. The predicted octanol–water partition coefficient (Wildman–Crippen LogP) is -1.77.